The van der Waals surface area contributed by atoms with Crippen LogP contribution in [0.5, 0.6) is 0 Å². The molecule has 0 radical (unpaired) electrons. The highest BCUT2D eigenvalue weighted by molar-refractivity contribution is 5.95. The van der Waals surface area contributed by atoms with Gasteiger partial charge in [0.1, 0.15) is 11.8 Å². The number of hydrogen-bond donors (Lipinski definition) is 2. The molecule has 1 saturated carbocycles. The summed E-state index contributed by atoms with van der Waals surface area (Å²) in [5.41, 5.74) is 1.59. The molecule has 6 heteroatoms. The molecule has 1 aromatic carbocycles. The van der Waals surface area contributed by atoms with Gasteiger partial charge in [-0.3, -0.25) is 0 Å². The Hall–Kier alpha value is -2.50. The molecule has 134 valence electrons. The van der Waals surface area contributed by atoms with E-state index in [4.69, 9.17) is 4.74 Å². The van der Waals surface area contributed by atoms with Crippen LogP contribution in [0.4, 0.5) is 4.79 Å². The molecule has 2 N–H and O–H groups in total. The minimum atomic E-state index is -0.279. The lowest BCUT2D eigenvalue weighted by Crippen LogP contribution is -2.44. The number of esters is 1. The number of nitrogens with zero attached hydrogens (tertiary/aromatic N) is 1. The van der Waals surface area contributed by atoms with E-state index in [-0.39, 0.29) is 24.1 Å². The van der Waals surface area contributed by atoms with Crippen molar-refractivity contribution >= 4 is 22.9 Å². The molecule has 0 spiro atoms. The fourth-order valence-corrected chi connectivity index (χ4v) is 3.42. The first-order chi connectivity index (χ1) is 12.1. The number of carbonyl (C=O) groups is 2. The molecule has 1 aromatic heterocycles. The molecule has 25 heavy (non-hydrogen) atoms. The number of fused-ring (bicyclic) bond motifs is 1. The fraction of sp³-hybridized carbons (Fsp3) is 0.474. The molecule has 1 aliphatic carbocycles. The van der Waals surface area contributed by atoms with Gasteiger partial charge in [0.25, 0.3) is 0 Å². The van der Waals surface area contributed by atoms with Crippen LogP contribution in [-0.4, -0.2) is 35.3 Å². The molecule has 0 atom stereocenters. The first-order valence-corrected chi connectivity index (χ1v) is 8.88. The van der Waals surface area contributed by atoms with Crippen molar-refractivity contribution in [3.63, 3.8) is 0 Å². The van der Waals surface area contributed by atoms with Crippen molar-refractivity contribution < 1.29 is 14.3 Å². The molecule has 1 aliphatic rings. The molecule has 2 amide bonds. The van der Waals surface area contributed by atoms with Crippen LogP contribution < -0.4 is 10.6 Å². The number of amides is 2. The van der Waals surface area contributed by atoms with Crippen molar-refractivity contribution in [3.05, 3.63) is 36.0 Å². The predicted octanol–water partition coefficient (Wildman–Crippen LogP) is 2.97. The van der Waals surface area contributed by atoms with Crippen LogP contribution in [0, 0.1) is 0 Å². The van der Waals surface area contributed by atoms with Crippen LogP contribution in [0.15, 0.2) is 30.3 Å². The second-order valence-corrected chi connectivity index (χ2v) is 6.53. The number of aromatic nitrogens is 1. The second kappa shape index (κ2) is 7.59. The van der Waals surface area contributed by atoms with Crippen molar-refractivity contribution in [2.45, 2.75) is 44.8 Å². The molecule has 1 heterocycles. The highest BCUT2D eigenvalue weighted by atomic mass is 16.5. The number of carbonyl (C=O) groups excluding carboxylic acids is 2. The molecule has 0 aliphatic heterocycles. The van der Waals surface area contributed by atoms with Gasteiger partial charge in [0, 0.05) is 30.5 Å². The van der Waals surface area contributed by atoms with Crippen LogP contribution in [-0.2, 0) is 11.8 Å². The Bertz CT molecular complexity index is 760. The lowest BCUT2D eigenvalue weighted by Gasteiger charge is -2.28. The maximum absolute atomic E-state index is 12.5. The summed E-state index contributed by atoms with van der Waals surface area (Å²) in [7, 11) is 1.88. The summed E-state index contributed by atoms with van der Waals surface area (Å²) in [6.45, 7) is 2.51. The molecule has 6 nitrogen and oxygen atoms in total. The van der Waals surface area contributed by atoms with Crippen molar-refractivity contribution in [2.75, 3.05) is 6.54 Å². The Morgan fingerprint density at radius 2 is 1.92 bits per heavy atom. The van der Waals surface area contributed by atoms with E-state index >= 15 is 0 Å². The van der Waals surface area contributed by atoms with Gasteiger partial charge in [-0.2, -0.15) is 0 Å². The lowest BCUT2D eigenvalue weighted by atomic mass is 9.93. The van der Waals surface area contributed by atoms with E-state index in [1.54, 1.807) is 0 Å². The summed E-state index contributed by atoms with van der Waals surface area (Å²) >= 11 is 0. The molecular weight excluding hydrogens is 318 g/mol. The number of para-hydroxylation sites is 1. The topological polar surface area (TPSA) is 72.4 Å². The van der Waals surface area contributed by atoms with E-state index in [0.717, 1.165) is 36.6 Å². The van der Waals surface area contributed by atoms with Gasteiger partial charge in [-0.25, -0.2) is 9.59 Å². The molecule has 0 saturated heterocycles. The summed E-state index contributed by atoms with van der Waals surface area (Å²) in [5.74, 6) is -0.279. The number of aryl methyl sites for hydroxylation is 1. The van der Waals surface area contributed by atoms with Gasteiger partial charge >= 0.3 is 12.0 Å². The maximum atomic E-state index is 12.5. The zero-order valence-electron chi connectivity index (χ0n) is 14.7. The molecule has 0 bridgehead atoms. The number of rotatable bonds is 4. The number of urea groups is 1. The van der Waals surface area contributed by atoms with Crippen LogP contribution in [0.25, 0.3) is 10.9 Å². The van der Waals surface area contributed by atoms with Gasteiger partial charge in [-0.1, -0.05) is 18.2 Å². The third-order valence-electron chi connectivity index (χ3n) is 4.78. The van der Waals surface area contributed by atoms with Crippen LogP contribution in [0.3, 0.4) is 0 Å². The highest BCUT2D eigenvalue weighted by Crippen LogP contribution is 2.24. The minimum absolute atomic E-state index is 0.0854. The highest BCUT2D eigenvalue weighted by Gasteiger charge is 2.26. The molecular formula is C19H25N3O3. The van der Waals surface area contributed by atoms with Crippen molar-refractivity contribution in [3.8, 4) is 0 Å². The first-order valence-electron chi connectivity index (χ1n) is 8.88. The van der Waals surface area contributed by atoms with Gasteiger partial charge in [-0.05, 0) is 44.7 Å². The lowest BCUT2D eigenvalue weighted by molar-refractivity contribution is 0.0178. The van der Waals surface area contributed by atoms with Crippen LogP contribution >= 0.6 is 0 Å². The quantitative estimate of drug-likeness (QED) is 0.838. The van der Waals surface area contributed by atoms with Gasteiger partial charge < -0.3 is 19.9 Å². The van der Waals surface area contributed by atoms with E-state index < -0.39 is 0 Å². The Balaban J connectivity index is 1.55. The Kier molecular flexibility index (Phi) is 5.26. The summed E-state index contributed by atoms with van der Waals surface area (Å²) in [5, 5.41) is 6.73. The zero-order valence-corrected chi connectivity index (χ0v) is 14.7. The predicted molar refractivity (Wildman–Crippen MR) is 96.6 cm³/mol. The number of nitrogens with one attached hydrogen (secondary N) is 2. The number of benzene rings is 1. The third-order valence-corrected chi connectivity index (χ3v) is 4.78. The monoisotopic (exact) mass is 343 g/mol. The maximum Gasteiger partial charge on any atom is 0.355 e. The van der Waals surface area contributed by atoms with Gasteiger partial charge in [0.05, 0.1) is 0 Å². The molecule has 3 rings (SSSR count). The van der Waals surface area contributed by atoms with Crippen molar-refractivity contribution in [1.82, 2.24) is 15.2 Å². The summed E-state index contributed by atoms with van der Waals surface area (Å²) in [6.07, 6.45) is 3.10. The Morgan fingerprint density at radius 3 is 2.60 bits per heavy atom. The minimum Gasteiger partial charge on any atom is -0.458 e. The second-order valence-electron chi connectivity index (χ2n) is 6.53. The van der Waals surface area contributed by atoms with E-state index in [0.29, 0.717) is 12.2 Å². The van der Waals surface area contributed by atoms with Gasteiger partial charge in [0.15, 0.2) is 0 Å². The summed E-state index contributed by atoms with van der Waals surface area (Å²) in [6, 6.07) is 9.80. The third kappa shape index (κ3) is 3.95. The van der Waals surface area contributed by atoms with Crippen LogP contribution in [0.1, 0.15) is 43.1 Å². The fourth-order valence-electron chi connectivity index (χ4n) is 3.42. The van der Waals surface area contributed by atoms with E-state index in [2.05, 4.69) is 10.6 Å². The average molecular weight is 343 g/mol. The number of hydrogen-bond acceptors (Lipinski definition) is 3. The summed E-state index contributed by atoms with van der Waals surface area (Å²) < 4.78 is 7.58. The molecule has 1 fully saturated rings. The van der Waals surface area contributed by atoms with Crippen molar-refractivity contribution in [2.24, 2.45) is 7.05 Å². The molecule has 0 unspecified atom stereocenters. The zero-order chi connectivity index (χ0) is 17.8. The van der Waals surface area contributed by atoms with Crippen molar-refractivity contribution in [1.29, 1.82) is 0 Å². The Labute approximate surface area is 147 Å². The van der Waals surface area contributed by atoms with E-state index in [1.165, 1.54) is 0 Å². The molecule has 2 aromatic rings. The van der Waals surface area contributed by atoms with Crippen LogP contribution in [0.2, 0.25) is 0 Å². The van der Waals surface area contributed by atoms with Gasteiger partial charge in [0.2, 0.25) is 0 Å². The Morgan fingerprint density at radius 1 is 1.20 bits per heavy atom. The first kappa shape index (κ1) is 17.3. The number of ether oxygens (including phenoxy) is 1. The average Bonchev–Trinajstić information content (AvgIpc) is 2.94. The van der Waals surface area contributed by atoms with Gasteiger partial charge in [-0.15, -0.1) is 0 Å². The summed E-state index contributed by atoms with van der Waals surface area (Å²) in [4.78, 5) is 24.1. The normalized spacial score (nSPS) is 20.2. The standard InChI is InChI=1S/C19H25N3O3/c1-3-20-19(24)21-14-8-10-15(11-9-14)25-18(23)17-12-13-6-4-5-7-16(13)22(17)2/h4-7,12,14-15H,3,8-11H2,1-2H3,(H2,20,21,24). The largest absolute Gasteiger partial charge is 0.458 e. The van der Waals surface area contributed by atoms with E-state index in [1.807, 2.05) is 48.9 Å². The van der Waals surface area contributed by atoms with E-state index in [9.17, 15) is 9.59 Å². The smallest absolute Gasteiger partial charge is 0.355 e. The SMILES string of the molecule is CCNC(=O)NC1CCC(OC(=O)c2cc3ccccc3n2C)CC1.